The molecule has 1 aliphatic rings. The molecule has 0 spiro atoms. The second-order valence-electron chi connectivity index (χ2n) is 6.28. The van der Waals surface area contributed by atoms with Crippen molar-refractivity contribution in [1.29, 1.82) is 0 Å². The maximum atomic E-state index is 12.3. The van der Waals surface area contributed by atoms with E-state index in [1.54, 1.807) is 4.90 Å². The van der Waals surface area contributed by atoms with Gasteiger partial charge in [0.1, 0.15) is 5.60 Å². The topological polar surface area (TPSA) is 49.8 Å². The summed E-state index contributed by atoms with van der Waals surface area (Å²) in [6.07, 6.45) is 0.489. The van der Waals surface area contributed by atoms with Crippen LogP contribution in [0.5, 0.6) is 0 Å². The fraction of sp³-hybridized carbons (Fsp3) is 0.562. The predicted molar refractivity (Wildman–Crippen MR) is 77.4 cm³/mol. The van der Waals surface area contributed by atoms with E-state index in [0.29, 0.717) is 19.4 Å². The molecule has 1 heterocycles. The van der Waals surface area contributed by atoms with Crippen molar-refractivity contribution in [3.8, 4) is 0 Å². The molecule has 4 heteroatoms. The number of piperidine rings is 1. The van der Waals surface area contributed by atoms with Gasteiger partial charge in [-0.2, -0.15) is 0 Å². The Kier molecular flexibility index (Phi) is 4.33. The number of carbonyl (C=O) groups is 1. The minimum absolute atomic E-state index is 0.116. The van der Waals surface area contributed by atoms with Gasteiger partial charge in [0.25, 0.3) is 0 Å². The summed E-state index contributed by atoms with van der Waals surface area (Å²) in [4.78, 5) is 14.1. The summed E-state index contributed by atoms with van der Waals surface area (Å²) in [6.45, 7) is 6.11. The predicted octanol–water partition coefficient (Wildman–Crippen LogP) is 3.12. The van der Waals surface area contributed by atoms with Crippen LogP contribution in [-0.4, -0.2) is 34.3 Å². The maximum Gasteiger partial charge on any atom is 0.410 e. The van der Waals surface area contributed by atoms with Gasteiger partial charge in [-0.1, -0.05) is 30.3 Å². The van der Waals surface area contributed by atoms with Crippen LogP contribution in [0.15, 0.2) is 30.3 Å². The highest BCUT2D eigenvalue weighted by Gasteiger charge is 2.34. The zero-order valence-electron chi connectivity index (χ0n) is 12.4. The summed E-state index contributed by atoms with van der Waals surface area (Å²) in [5.41, 5.74) is 0.533. The molecule has 1 aliphatic heterocycles. The fourth-order valence-corrected chi connectivity index (χ4v) is 2.48. The molecule has 110 valence electrons. The van der Waals surface area contributed by atoms with Crippen LogP contribution in [0.25, 0.3) is 0 Å². The number of nitrogens with zero attached hydrogens (tertiary/aromatic N) is 1. The zero-order chi connectivity index (χ0) is 14.8. The number of hydrogen-bond donors (Lipinski definition) is 1. The zero-order valence-corrected chi connectivity index (χ0v) is 12.4. The summed E-state index contributed by atoms with van der Waals surface area (Å²) in [7, 11) is 0. The van der Waals surface area contributed by atoms with Crippen molar-refractivity contribution in [2.24, 2.45) is 0 Å². The number of rotatable bonds is 1. The normalized spacial score (nSPS) is 23.5. The van der Waals surface area contributed by atoms with Crippen molar-refractivity contribution in [3.63, 3.8) is 0 Å². The van der Waals surface area contributed by atoms with Crippen LogP contribution in [0.1, 0.15) is 45.2 Å². The first-order chi connectivity index (χ1) is 9.37. The molecule has 1 N–H and O–H groups in total. The lowest BCUT2D eigenvalue weighted by Crippen LogP contribution is -2.44. The SMILES string of the molecule is CC(C)(C)OC(=O)N1CCC(O)CC1c1ccccc1. The first kappa shape index (κ1) is 14.9. The molecule has 4 nitrogen and oxygen atoms in total. The molecule has 1 fully saturated rings. The Hall–Kier alpha value is -1.55. The van der Waals surface area contributed by atoms with Crippen LogP contribution in [-0.2, 0) is 4.74 Å². The first-order valence-electron chi connectivity index (χ1n) is 7.09. The van der Waals surface area contributed by atoms with Crippen LogP contribution in [0.4, 0.5) is 4.79 Å². The van der Waals surface area contributed by atoms with E-state index in [4.69, 9.17) is 4.74 Å². The number of aliphatic hydroxyl groups is 1. The van der Waals surface area contributed by atoms with E-state index in [9.17, 15) is 9.90 Å². The largest absolute Gasteiger partial charge is 0.444 e. The Bertz CT molecular complexity index is 453. The van der Waals surface area contributed by atoms with E-state index in [-0.39, 0.29) is 18.2 Å². The van der Waals surface area contributed by atoms with Crippen molar-refractivity contribution >= 4 is 6.09 Å². The Morgan fingerprint density at radius 3 is 2.55 bits per heavy atom. The monoisotopic (exact) mass is 277 g/mol. The van der Waals surface area contributed by atoms with Crippen LogP contribution >= 0.6 is 0 Å². The third-order valence-electron chi connectivity index (χ3n) is 3.39. The average molecular weight is 277 g/mol. The standard InChI is InChI=1S/C16H23NO3/c1-16(2,3)20-15(19)17-10-9-13(18)11-14(17)12-7-5-4-6-8-12/h4-8,13-14,18H,9-11H2,1-3H3. The number of carbonyl (C=O) groups excluding carboxylic acids is 1. The van der Waals surface area contributed by atoms with E-state index in [1.165, 1.54) is 0 Å². The lowest BCUT2D eigenvalue weighted by atomic mass is 9.94. The molecule has 0 aliphatic carbocycles. The fourth-order valence-electron chi connectivity index (χ4n) is 2.48. The Morgan fingerprint density at radius 2 is 1.95 bits per heavy atom. The second-order valence-corrected chi connectivity index (χ2v) is 6.28. The molecule has 1 aromatic carbocycles. The molecule has 1 aromatic rings. The lowest BCUT2D eigenvalue weighted by Gasteiger charge is -2.38. The van der Waals surface area contributed by atoms with Gasteiger partial charge in [0.15, 0.2) is 0 Å². The molecule has 2 rings (SSSR count). The molecule has 0 aromatic heterocycles. The van der Waals surface area contributed by atoms with Gasteiger partial charge in [0.2, 0.25) is 0 Å². The van der Waals surface area contributed by atoms with Crippen LogP contribution < -0.4 is 0 Å². The summed E-state index contributed by atoms with van der Waals surface area (Å²) in [5, 5.41) is 9.89. The number of likely N-dealkylation sites (tertiary alicyclic amines) is 1. The highest BCUT2D eigenvalue weighted by atomic mass is 16.6. The summed E-state index contributed by atoms with van der Waals surface area (Å²) in [6, 6.07) is 9.70. The molecule has 20 heavy (non-hydrogen) atoms. The molecule has 1 amide bonds. The van der Waals surface area contributed by atoms with Crippen molar-refractivity contribution < 1.29 is 14.6 Å². The van der Waals surface area contributed by atoms with Gasteiger partial charge >= 0.3 is 6.09 Å². The van der Waals surface area contributed by atoms with Crippen molar-refractivity contribution in [3.05, 3.63) is 35.9 Å². The third kappa shape index (κ3) is 3.73. The number of benzene rings is 1. The van der Waals surface area contributed by atoms with Crippen molar-refractivity contribution in [1.82, 2.24) is 4.90 Å². The number of aliphatic hydroxyl groups excluding tert-OH is 1. The van der Waals surface area contributed by atoms with E-state index in [1.807, 2.05) is 51.1 Å². The smallest absolute Gasteiger partial charge is 0.410 e. The molecule has 0 radical (unpaired) electrons. The van der Waals surface area contributed by atoms with Gasteiger partial charge in [0.05, 0.1) is 12.1 Å². The van der Waals surface area contributed by atoms with E-state index >= 15 is 0 Å². The minimum atomic E-state index is -0.506. The number of ether oxygens (including phenoxy) is 1. The van der Waals surface area contributed by atoms with E-state index in [2.05, 4.69) is 0 Å². The van der Waals surface area contributed by atoms with Gasteiger partial charge in [-0.3, -0.25) is 0 Å². The van der Waals surface area contributed by atoms with Gasteiger partial charge in [0, 0.05) is 6.54 Å². The summed E-state index contributed by atoms with van der Waals surface area (Å²) >= 11 is 0. The molecule has 2 atom stereocenters. The summed E-state index contributed by atoms with van der Waals surface area (Å²) in [5.74, 6) is 0. The molecule has 0 bridgehead atoms. The second kappa shape index (κ2) is 5.83. The summed E-state index contributed by atoms with van der Waals surface area (Å²) < 4.78 is 5.47. The van der Waals surface area contributed by atoms with Gasteiger partial charge < -0.3 is 14.7 Å². The Morgan fingerprint density at radius 1 is 1.30 bits per heavy atom. The highest BCUT2D eigenvalue weighted by Crippen LogP contribution is 2.32. The average Bonchev–Trinajstić information content (AvgIpc) is 2.37. The molecule has 0 saturated carbocycles. The van der Waals surface area contributed by atoms with E-state index < -0.39 is 5.60 Å². The molecule has 2 unspecified atom stereocenters. The van der Waals surface area contributed by atoms with Crippen LogP contribution in [0.2, 0.25) is 0 Å². The van der Waals surface area contributed by atoms with Crippen molar-refractivity contribution in [2.45, 2.75) is 51.4 Å². The quantitative estimate of drug-likeness (QED) is 0.858. The van der Waals surface area contributed by atoms with Gasteiger partial charge in [-0.15, -0.1) is 0 Å². The molecule has 1 saturated heterocycles. The Labute approximate surface area is 120 Å². The van der Waals surface area contributed by atoms with Crippen LogP contribution in [0.3, 0.4) is 0 Å². The molecular weight excluding hydrogens is 254 g/mol. The maximum absolute atomic E-state index is 12.3. The highest BCUT2D eigenvalue weighted by molar-refractivity contribution is 5.69. The molecular formula is C16H23NO3. The Balaban J connectivity index is 2.19. The minimum Gasteiger partial charge on any atom is -0.444 e. The van der Waals surface area contributed by atoms with Crippen LogP contribution in [0, 0.1) is 0 Å². The van der Waals surface area contributed by atoms with Crippen molar-refractivity contribution in [2.75, 3.05) is 6.54 Å². The lowest BCUT2D eigenvalue weighted by molar-refractivity contribution is -0.00842. The first-order valence-corrected chi connectivity index (χ1v) is 7.09. The van der Waals surface area contributed by atoms with Gasteiger partial charge in [-0.25, -0.2) is 4.79 Å². The number of hydrogen-bond acceptors (Lipinski definition) is 3. The number of amides is 1. The van der Waals surface area contributed by atoms with Gasteiger partial charge in [-0.05, 0) is 39.2 Å². The van der Waals surface area contributed by atoms with E-state index in [0.717, 1.165) is 5.56 Å². The third-order valence-corrected chi connectivity index (χ3v) is 3.39.